The van der Waals surface area contributed by atoms with Gasteiger partial charge < -0.3 is 5.32 Å². The molecule has 0 radical (unpaired) electrons. The number of rotatable bonds is 6. The van der Waals surface area contributed by atoms with Crippen molar-refractivity contribution in [1.82, 2.24) is 9.88 Å². The maximum atomic E-state index is 13.4. The van der Waals surface area contributed by atoms with Gasteiger partial charge in [0.2, 0.25) is 0 Å². The third-order valence-electron chi connectivity index (χ3n) is 4.88. The molecule has 0 fully saturated rings. The molecule has 0 atom stereocenters. The smallest absolute Gasteiger partial charge is 0.273 e. The minimum absolute atomic E-state index is 0.0501. The van der Waals surface area contributed by atoms with Crippen LogP contribution in [0.3, 0.4) is 0 Å². The summed E-state index contributed by atoms with van der Waals surface area (Å²) in [7, 11) is 0. The molecule has 1 N–H and O–H groups in total. The summed E-state index contributed by atoms with van der Waals surface area (Å²) >= 11 is 1.16. The first-order valence-corrected chi connectivity index (χ1v) is 11.1. The molecule has 0 aliphatic carbocycles. The molecule has 158 valence electrons. The Morgan fingerprint density at radius 1 is 1.19 bits per heavy atom. The number of nitrogens with zero attached hydrogens (tertiary/aromatic N) is 2. The minimum atomic E-state index is -0.457. The van der Waals surface area contributed by atoms with E-state index < -0.39 is 5.91 Å². The van der Waals surface area contributed by atoms with E-state index in [-0.39, 0.29) is 11.1 Å². The SMILES string of the molecule is CCCCNC(=O)/C(C#N)=c1\s/c(=C\c2ccccc2)c(=O)n1-c1ccc(C)cc1C. The zero-order valence-electron chi connectivity index (χ0n) is 17.9. The number of nitrogens with one attached hydrogen (secondary N) is 1. The number of carbonyl (C=O) groups is 1. The van der Waals surface area contributed by atoms with Crippen LogP contribution < -0.4 is 20.1 Å². The monoisotopic (exact) mass is 431 g/mol. The van der Waals surface area contributed by atoms with Crippen molar-refractivity contribution in [3.05, 3.63) is 84.8 Å². The topological polar surface area (TPSA) is 74.9 Å². The predicted octanol–water partition coefficient (Wildman–Crippen LogP) is 2.94. The molecule has 3 rings (SSSR count). The van der Waals surface area contributed by atoms with Gasteiger partial charge in [0.05, 0.1) is 10.2 Å². The molecule has 0 saturated heterocycles. The van der Waals surface area contributed by atoms with Crippen molar-refractivity contribution < 1.29 is 4.79 Å². The highest BCUT2D eigenvalue weighted by molar-refractivity contribution is 7.07. The second kappa shape index (κ2) is 10.1. The van der Waals surface area contributed by atoms with Gasteiger partial charge in [0.25, 0.3) is 11.5 Å². The zero-order valence-corrected chi connectivity index (χ0v) is 18.8. The summed E-state index contributed by atoms with van der Waals surface area (Å²) < 4.78 is 2.30. The van der Waals surface area contributed by atoms with Crippen molar-refractivity contribution in [1.29, 1.82) is 5.26 Å². The molecule has 0 aliphatic heterocycles. The molecule has 1 heterocycles. The number of aromatic nitrogens is 1. The number of carbonyl (C=O) groups excluding carboxylic acids is 1. The molecule has 0 saturated carbocycles. The molecule has 0 bridgehead atoms. The average molecular weight is 432 g/mol. The molecule has 0 unspecified atom stereocenters. The quantitative estimate of drug-likeness (QED) is 0.610. The highest BCUT2D eigenvalue weighted by Crippen LogP contribution is 2.13. The molecule has 1 amide bonds. The Kier molecular flexibility index (Phi) is 7.22. The van der Waals surface area contributed by atoms with E-state index in [1.807, 2.05) is 75.4 Å². The number of nitriles is 1. The van der Waals surface area contributed by atoms with E-state index in [1.165, 1.54) is 4.57 Å². The molecule has 0 aliphatic rings. The normalized spacial score (nSPS) is 12.4. The van der Waals surface area contributed by atoms with E-state index in [2.05, 4.69) is 5.32 Å². The van der Waals surface area contributed by atoms with Crippen molar-refractivity contribution >= 4 is 28.9 Å². The predicted molar refractivity (Wildman–Crippen MR) is 126 cm³/mol. The summed E-state index contributed by atoms with van der Waals surface area (Å²) in [5, 5.41) is 12.6. The maximum Gasteiger partial charge on any atom is 0.273 e. The van der Waals surface area contributed by atoms with Crippen LogP contribution in [0.25, 0.3) is 17.3 Å². The second-order valence-corrected chi connectivity index (χ2v) is 8.38. The lowest BCUT2D eigenvalue weighted by Gasteiger charge is -2.09. The molecule has 0 spiro atoms. The highest BCUT2D eigenvalue weighted by atomic mass is 32.1. The zero-order chi connectivity index (χ0) is 22.4. The first-order chi connectivity index (χ1) is 15.0. The Morgan fingerprint density at radius 3 is 2.58 bits per heavy atom. The Balaban J connectivity index is 2.32. The number of hydrogen-bond acceptors (Lipinski definition) is 4. The summed E-state index contributed by atoms with van der Waals surface area (Å²) in [6.45, 7) is 6.42. The number of amides is 1. The van der Waals surface area contributed by atoms with Crippen LogP contribution in [0.15, 0.2) is 53.3 Å². The molecule has 31 heavy (non-hydrogen) atoms. The summed E-state index contributed by atoms with van der Waals surface area (Å²) in [4.78, 5) is 26.2. The average Bonchev–Trinajstić information content (AvgIpc) is 3.05. The highest BCUT2D eigenvalue weighted by Gasteiger charge is 2.17. The fourth-order valence-electron chi connectivity index (χ4n) is 3.29. The van der Waals surface area contributed by atoms with Gasteiger partial charge in [-0.25, -0.2) is 0 Å². The lowest BCUT2D eigenvalue weighted by atomic mass is 10.1. The van der Waals surface area contributed by atoms with Gasteiger partial charge in [0.1, 0.15) is 10.7 Å². The van der Waals surface area contributed by atoms with Crippen LogP contribution in [-0.4, -0.2) is 17.0 Å². The fourth-order valence-corrected chi connectivity index (χ4v) is 4.38. The molecular formula is C25H25N3O2S. The standard InChI is InChI=1S/C25H25N3O2S/c1-4-5-13-27-23(29)20(16-26)25-28(21-12-11-17(2)14-18(21)3)24(30)22(31-25)15-19-9-7-6-8-10-19/h6-12,14-15H,4-5,13H2,1-3H3,(H,27,29)/b22-15-,25-20-. The van der Waals surface area contributed by atoms with Crippen molar-refractivity contribution in [2.45, 2.75) is 33.6 Å². The Labute approximate surface area is 185 Å². The van der Waals surface area contributed by atoms with Crippen LogP contribution in [0.4, 0.5) is 0 Å². The Hall–Kier alpha value is -3.43. The fraction of sp³-hybridized carbons (Fsp3) is 0.240. The van der Waals surface area contributed by atoms with Crippen molar-refractivity contribution in [2.24, 2.45) is 0 Å². The largest absolute Gasteiger partial charge is 0.351 e. The van der Waals surface area contributed by atoms with Gasteiger partial charge in [-0.15, -0.1) is 11.3 Å². The second-order valence-electron chi connectivity index (χ2n) is 7.35. The molecule has 5 nitrogen and oxygen atoms in total. The summed E-state index contributed by atoms with van der Waals surface area (Å²) in [5.74, 6) is -0.457. The van der Waals surface area contributed by atoms with Gasteiger partial charge >= 0.3 is 0 Å². The Bertz CT molecular complexity index is 1310. The van der Waals surface area contributed by atoms with Crippen LogP contribution in [-0.2, 0) is 4.79 Å². The third-order valence-corrected chi connectivity index (χ3v) is 5.98. The van der Waals surface area contributed by atoms with Crippen LogP contribution in [0, 0.1) is 25.2 Å². The van der Waals surface area contributed by atoms with Gasteiger partial charge in [-0.05, 0) is 43.5 Å². The van der Waals surface area contributed by atoms with E-state index in [0.717, 1.165) is 40.9 Å². The van der Waals surface area contributed by atoms with Gasteiger partial charge in [-0.3, -0.25) is 14.2 Å². The van der Waals surface area contributed by atoms with Crippen molar-refractivity contribution in [3.63, 3.8) is 0 Å². The van der Waals surface area contributed by atoms with E-state index in [9.17, 15) is 14.9 Å². The molecule has 6 heteroatoms. The number of thiazole rings is 1. The summed E-state index contributed by atoms with van der Waals surface area (Å²) in [6.07, 6.45) is 3.55. The Morgan fingerprint density at radius 2 is 1.94 bits per heavy atom. The molecular weight excluding hydrogens is 406 g/mol. The molecule has 1 aromatic heterocycles. The first-order valence-electron chi connectivity index (χ1n) is 10.2. The maximum absolute atomic E-state index is 13.4. The lowest BCUT2D eigenvalue weighted by molar-refractivity contribution is -0.115. The van der Waals surface area contributed by atoms with Gasteiger partial charge in [-0.1, -0.05) is 61.4 Å². The van der Waals surface area contributed by atoms with E-state index in [1.54, 1.807) is 6.08 Å². The van der Waals surface area contributed by atoms with Crippen molar-refractivity contribution in [2.75, 3.05) is 6.54 Å². The van der Waals surface area contributed by atoms with Gasteiger partial charge in [0.15, 0.2) is 5.57 Å². The minimum Gasteiger partial charge on any atom is -0.351 e. The first kappa shape index (κ1) is 22.3. The number of aryl methyl sites for hydroxylation is 2. The van der Waals surface area contributed by atoms with E-state index >= 15 is 0 Å². The number of unbranched alkanes of at least 4 members (excludes halogenated alkanes) is 1. The molecule has 3 aromatic rings. The summed E-state index contributed by atoms with van der Waals surface area (Å²) in [6, 6.07) is 17.3. The van der Waals surface area contributed by atoms with Crippen LogP contribution in [0.5, 0.6) is 0 Å². The summed E-state index contributed by atoms with van der Waals surface area (Å²) in [5.41, 5.74) is 3.23. The van der Waals surface area contributed by atoms with Gasteiger partial charge in [0, 0.05) is 6.54 Å². The van der Waals surface area contributed by atoms with E-state index in [0.29, 0.717) is 21.4 Å². The van der Waals surface area contributed by atoms with E-state index in [4.69, 9.17) is 0 Å². The lowest BCUT2D eigenvalue weighted by Crippen LogP contribution is -2.34. The van der Waals surface area contributed by atoms with Crippen LogP contribution in [0.1, 0.15) is 36.5 Å². The third kappa shape index (κ3) is 5.01. The number of hydrogen-bond donors (Lipinski definition) is 1. The van der Waals surface area contributed by atoms with Gasteiger partial charge in [-0.2, -0.15) is 5.26 Å². The van der Waals surface area contributed by atoms with Crippen LogP contribution in [0.2, 0.25) is 0 Å². The van der Waals surface area contributed by atoms with Crippen LogP contribution >= 0.6 is 11.3 Å². The van der Waals surface area contributed by atoms with Crippen molar-refractivity contribution in [3.8, 4) is 11.8 Å². The number of benzene rings is 2. The molecule has 2 aromatic carbocycles.